The monoisotopic (exact) mass is 282 g/mol. The van der Waals surface area contributed by atoms with Gasteiger partial charge in [0.1, 0.15) is 6.54 Å². The van der Waals surface area contributed by atoms with Gasteiger partial charge >= 0.3 is 6.18 Å². The normalized spacial score (nSPS) is 14.3. The molecular formula is C13H25F3N2O. The van der Waals surface area contributed by atoms with Gasteiger partial charge in [-0.15, -0.1) is 0 Å². The number of unbranched alkanes of at least 4 members (excludes halogenated alkanes) is 1. The molecule has 114 valence electrons. The molecule has 1 atom stereocenters. The van der Waals surface area contributed by atoms with E-state index in [9.17, 15) is 18.0 Å². The van der Waals surface area contributed by atoms with Crippen LogP contribution in [0, 0.1) is 5.41 Å². The first-order valence-corrected chi connectivity index (χ1v) is 6.57. The lowest BCUT2D eigenvalue weighted by atomic mass is 9.85. The summed E-state index contributed by atoms with van der Waals surface area (Å²) in [5.74, 6) is -0.520. The van der Waals surface area contributed by atoms with Crippen LogP contribution in [-0.4, -0.2) is 36.1 Å². The minimum atomic E-state index is -4.37. The van der Waals surface area contributed by atoms with Gasteiger partial charge in [-0.2, -0.15) is 13.2 Å². The van der Waals surface area contributed by atoms with Crippen molar-refractivity contribution in [2.75, 3.05) is 13.1 Å². The average Bonchev–Trinajstić information content (AvgIpc) is 2.20. The summed E-state index contributed by atoms with van der Waals surface area (Å²) in [5, 5.41) is 0. The van der Waals surface area contributed by atoms with Gasteiger partial charge in [-0.1, -0.05) is 34.1 Å². The number of hydrogen-bond donors (Lipinski definition) is 1. The molecule has 0 fully saturated rings. The highest BCUT2D eigenvalue weighted by molar-refractivity contribution is 5.77. The number of alkyl halides is 3. The Hall–Kier alpha value is -0.780. The largest absolute Gasteiger partial charge is 0.406 e. The van der Waals surface area contributed by atoms with Gasteiger partial charge in [-0.3, -0.25) is 4.79 Å². The number of nitrogens with zero attached hydrogens (tertiary/aromatic N) is 1. The minimum absolute atomic E-state index is 0.0523. The van der Waals surface area contributed by atoms with Gasteiger partial charge in [0.15, 0.2) is 0 Å². The van der Waals surface area contributed by atoms with Crippen molar-refractivity contribution in [3.05, 3.63) is 0 Å². The maximum absolute atomic E-state index is 12.4. The molecule has 0 aromatic carbocycles. The molecular weight excluding hydrogens is 257 g/mol. The number of carbonyl (C=O) groups excluding carboxylic acids is 1. The Balaban J connectivity index is 4.62. The van der Waals surface area contributed by atoms with E-state index in [-0.39, 0.29) is 18.4 Å². The van der Waals surface area contributed by atoms with Crippen LogP contribution in [0.1, 0.15) is 47.0 Å². The Kier molecular flexibility index (Phi) is 6.83. The third-order valence-corrected chi connectivity index (χ3v) is 3.01. The standard InChI is InChI=1S/C13H25F3N2O/c1-5-6-7-18(9-13(14,15)16)11(19)8-10(17)12(2,3)4/h10H,5-9,17H2,1-4H3. The summed E-state index contributed by atoms with van der Waals surface area (Å²) >= 11 is 0. The topological polar surface area (TPSA) is 46.3 Å². The number of halogens is 3. The predicted octanol–water partition coefficient (Wildman–Crippen LogP) is 2.94. The Bertz CT molecular complexity index is 285. The molecule has 0 bridgehead atoms. The molecule has 0 heterocycles. The number of carbonyl (C=O) groups is 1. The van der Waals surface area contributed by atoms with Crippen LogP contribution in [0.4, 0.5) is 13.2 Å². The van der Waals surface area contributed by atoms with E-state index < -0.39 is 24.7 Å². The summed E-state index contributed by atoms with van der Waals surface area (Å²) < 4.78 is 37.3. The van der Waals surface area contributed by atoms with Gasteiger partial charge in [-0.05, 0) is 11.8 Å². The van der Waals surface area contributed by atoms with Crippen molar-refractivity contribution in [3.63, 3.8) is 0 Å². The molecule has 1 amide bonds. The van der Waals surface area contributed by atoms with Crippen molar-refractivity contribution >= 4 is 5.91 Å². The van der Waals surface area contributed by atoms with Crippen molar-refractivity contribution < 1.29 is 18.0 Å². The fourth-order valence-corrected chi connectivity index (χ4v) is 1.48. The fraction of sp³-hybridized carbons (Fsp3) is 0.923. The van der Waals surface area contributed by atoms with Crippen LogP contribution in [0.25, 0.3) is 0 Å². The fourth-order valence-electron chi connectivity index (χ4n) is 1.48. The van der Waals surface area contributed by atoms with E-state index >= 15 is 0 Å². The zero-order valence-corrected chi connectivity index (χ0v) is 12.2. The lowest BCUT2D eigenvalue weighted by molar-refractivity contribution is -0.161. The molecule has 0 aliphatic carbocycles. The highest BCUT2D eigenvalue weighted by Crippen LogP contribution is 2.22. The molecule has 0 spiro atoms. The Morgan fingerprint density at radius 3 is 2.16 bits per heavy atom. The van der Waals surface area contributed by atoms with Crippen LogP contribution < -0.4 is 5.73 Å². The lowest BCUT2D eigenvalue weighted by Gasteiger charge is -2.30. The maximum Gasteiger partial charge on any atom is 0.406 e. The van der Waals surface area contributed by atoms with E-state index in [0.717, 1.165) is 11.3 Å². The summed E-state index contributed by atoms with van der Waals surface area (Å²) in [6.07, 6.45) is -3.11. The minimum Gasteiger partial charge on any atom is -0.334 e. The zero-order valence-electron chi connectivity index (χ0n) is 12.2. The van der Waals surface area contributed by atoms with Crippen molar-refractivity contribution in [2.24, 2.45) is 11.1 Å². The highest BCUT2D eigenvalue weighted by atomic mass is 19.4. The van der Waals surface area contributed by atoms with Crippen molar-refractivity contribution in [3.8, 4) is 0 Å². The van der Waals surface area contributed by atoms with Crippen LogP contribution in [0.2, 0.25) is 0 Å². The Morgan fingerprint density at radius 1 is 1.26 bits per heavy atom. The first kappa shape index (κ1) is 18.2. The highest BCUT2D eigenvalue weighted by Gasteiger charge is 2.34. The first-order chi connectivity index (χ1) is 8.47. The number of amides is 1. The van der Waals surface area contributed by atoms with Crippen LogP contribution in [-0.2, 0) is 4.79 Å². The van der Waals surface area contributed by atoms with Crippen LogP contribution in [0.5, 0.6) is 0 Å². The molecule has 1 unspecified atom stereocenters. The van der Waals surface area contributed by atoms with Gasteiger partial charge in [0.05, 0.1) is 0 Å². The molecule has 0 aliphatic heterocycles. The van der Waals surface area contributed by atoms with Crippen LogP contribution in [0.15, 0.2) is 0 Å². The van der Waals surface area contributed by atoms with E-state index in [1.807, 2.05) is 27.7 Å². The van der Waals surface area contributed by atoms with Crippen LogP contribution >= 0.6 is 0 Å². The van der Waals surface area contributed by atoms with Crippen molar-refractivity contribution in [1.29, 1.82) is 0 Å². The van der Waals surface area contributed by atoms with Gasteiger partial charge in [0, 0.05) is 19.0 Å². The number of hydrogen-bond acceptors (Lipinski definition) is 2. The molecule has 0 aromatic rings. The molecule has 0 saturated heterocycles. The molecule has 0 radical (unpaired) electrons. The van der Waals surface area contributed by atoms with E-state index in [0.29, 0.717) is 6.42 Å². The van der Waals surface area contributed by atoms with Gasteiger partial charge in [-0.25, -0.2) is 0 Å². The van der Waals surface area contributed by atoms with Crippen LogP contribution in [0.3, 0.4) is 0 Å². The molecule has 6 heteroatoms. The van der Waals surface area contributed by atoms with E-state index in [1.54, 1.807) is 0 Å². The second kappa shape index (κ2) is 7.12. The maximum atomic E-state index is 12.4. The summed E-state index contributed by atoms with van der Waals surface area (Å²) in [5.41, 5.74) is 5.55. The van der Waals surface area contributed by atoms with E-state index in [2.05, 4.69) is 0 Å². The smallest absolute Gasteiger partial charge is 0.334 e. The predicted molar refractivity (Wildman–Crippen MR) is 69.6 cm³/mol. The SMILES string of the molecule is CCCCN(CC(F)(F)F)C(=O)CC(N)C(C)(C)C. The van der Waals surface area contributed by atoms with E-state index in [1.165, 1.54) is 0 Å². The third kappa shape index (κ3) is 8.08. The summed E-state index contributed by atoms with van der Waals surface area (Å²) in [7, 11) is 0. The molecule has 2 N–H and O–H groups in total. The lowest BCUT2D eigenvalue weighted by Crippen LogP contribution is -2.45. The molecule has 0 aliphatic rings. The Labute approximate surface area is 113 Å². The second-order valence-corrected chi connectivity index (χ2v) is 5.96. The molecule has 0 aromatic heterocycles. The van der Waals surface area contributed by atoms with Gasteiger partial charge < -0.3 is 10.6 Å². The molecule has 0 saturated carbocycles. The van der Waals surface area contributed by atoms with Gasteiger partial charge in [0.2, 0.25) is 5.91 Å². The Morgan fingerprint density at radius 2 is 1.79 bits per heavy atom. The number of nitrogens with two attached hydrogens (primary N) is 1. The quantitative estimate of drug-likeness (QED) is 0.814. The summed E-state index contributed by atoms with van der Waals surface area (Å²) in [4.78, 5) is 12.8. The zero-order chi connectivity index (χ0) is 15.3. The first-order valence-electron chi connectivity index (χ1n) is 6.57. The third-order valence-electron chi connectivity index (χ3n) is 3.01. The average molecular weight is 282 g/mol. The second-order valence-electron chi connectivity index (χ2n) is 5.96. The van der Waals surface area contributed by atoms with Crippen molar-refractivity contribution in [1.82, 2.24) is 4.90 Å². The molecule has 0 rings (SSSR count). The molecule has 3 nitrogen and oxygen atoms in total. The summed E-state index contributed by atoms with van der Waals surface area (Å²) in [6.45, 7) is 6.41. The van der Waals surface area contributed by atoms with E-state index in [4.69, 9.17) is 5.73 Å². The van der Waals surface area contributed by atoms with Crippen molar-refractivity contribution in [2.45, 2.75) is 59.2 Å². The molecule has 19 heavy (non-hydrogen) atoms. The van der Waals surface area contributed by atoms with Gasteiger partial charge in [0.25, 0.3) is 0 Å². The summed E-state index contributed by atoms with van der Waals surface area (Å²) in [6, 6.07) is -0.447. The number of rotatable bonds is 6.